The van der Waals surface area contributed by atoms with Gasteiger partial charge in [0.25, 0.3) is 0 Å². The Bertz CT molecular complexity index is 494. The zero-order chi connectivity index (χ0) is 13.7. The molecule has 0 spiro atoms. The first kappa shape index (κ1) is 13.9. The maximum Gasteiger partial charge on any atom is 0.320 e. The number of hydrogen-bond donors (Lipinski definition) is 3. The van der Waals surface area contributed by atoms with E-state index in [1.807, 2.05) is 0 Å². The molecule has 5 heteroatoms. The van der Waals surface area contributed by atoms with Crippen molar-refractivity contribution in [2.45, 2.75) is 19.4 Å². The fraction of sp³-hybridized carbons (Fsp3) is 0.231. The van der Waals surface area contributed by atoms with Crippen LogP contribution in [-0.4, -0.2) is 28.0 Å². The number of rotatable bonds is 5. The van der Waals surface area contributed by atoms with Crippen LogP contribution in [0.2, 0.25) is 0 Å². The number of aromatic hydroxyl groups is 1. The lowest BCUT2D eigenvalue weighted by Gasteiger charge is -2.10. The summed E-state index contributed by atoms with van der Waals surface area (Å²) in [6, 6.07) is 3.14. The topological polar surface area (TPSA) is 101 Å². The van der Waals surface area contributed by atoms with Gasteiger partial charge in [0.05, 0.1) is 0 Å². The van der Waals surface area contributed by atoms with Crippen molar-refractivity contribution < 1.29 is 19.8 Å². The number of carbonyl (C=O) groups is 2. The number of carboxylic acid groups (broad SMARTS) is 1. The van der Waals surface area contributed by atoms with Crippen molar-refractivity contribution in [1.82, 2.24) is 0 Å². The number of nitrogens with two attached hydrogens (primary N) is 1. The Morgan fingerprint density at radius 3 is 2.67 bits per heavy atom. The molecule has 0 fully saturated rings. The van der Waals surface area contributed by atoms with E-state index >= 15 is 0 Å². The van der Waals surface area contributed by atoms with Crippen molar-refractivity contribution in [2.24, 2.45) is 5.73 Å². The summed E-state index contributed by atoms with van der Waals surface area (Å²) in [4.78, 5) is 22.5. The Kier molecular flexibility index (Phi) is 4.62. The summed E-state index contributed by atoms with van der Waals surface area (Å²) in [5, 5.41) is 18.1. The van der Waals surface area contributed by atoms with Crippen LogP contribution in [0.25, 0.3) is 0 Å². The number of ketones is 1. The lowest BCUT2D eigenvalue weighted by Crippen LogP contribution is -2.32. The number of aliphatic carboxylic acids is 1. The van der Waals surface area contributed by atoms with Crippen LogP contribution < -0.4 is 5.73 Å². The molecule has 0 aliphatic carbocycles. The Hall–Kier alpha value is -2.14. The molecule has 0 amide bonds. The maximum atomic E-state index is 11.8. The second-order valence-corrected chi connectivity index (χ2v) is 3.85. The Morgan fingerprint density at radius 1 is 1.44 bits per heavy atom. The number of carbonyl (C=O) groups excluding carboxylic acids is 1. The van der Waals surface area contributed by atoms with Gasteiger partial charge in [-0.3, -0.25) is 9.59 Å². The Morgan fingerprint density at radius 2 is 2.11 bits per heavy atom. The van der Waals surface area contributed by atoms with Crippen molar-refractivity contribution in [3.8, 4) is 5.75 Å². The summed E-state index contributed by atoms with van der Waals surface area (Å²) in [6.45, 7) is 1.70. The number of benzene rings is 1. The van der Waals surface area contributed by atoms with Crippen LogP contribution >= 0.6 is 0 Å². The summed E-state index contributed by atoms with van der Waals surface area (Å²) in [5.74, 6) is -1.47. The molecule has 0 saturated carbocycles. The van der Waals surface area contributed by atoms with E-state index in [0.29, 0.717) is 5.56 Å². The highest BCUT2D eigenvalue weighted by Gasteiger charge is 2.17. The largest absolute Gasteiger partial charge is 0.508 e. The minimum atomic E-state index is -1.13. The third kappa shape index (κ3) is 3.43. The normalized spacial score (nSPS) is 12.6. The standard InChI is InChI=1S/C13H15NO4/c1-2-3-12(16)10-7-9(15)5-4-8(10)6-11(14)13(17)18/h2-5,7,11,15H,6,14H2,1H3,(H,17,18)/t11-/m0/s1. The number of phenols is 1. The molecule has 1 aromatic rings. The van der Waals surface area contributed by atoms with Gasteiger partial charge < -0.3 is 15.9 Å². The maximum absolute atomic E-state index is 11.8. The van der Waals surface area contributed by atoms with Crippen molar-refractivity contribution in [2.75, 3.05) is 0 Å². The first-order valence-corrected chi connectivity index (χ1v) is 5.43. The zero-order valence-electron chi connectivity index (χ0n) is 9.96. The molecule has 0 saturated heterocycles. The third-order valence-corrected chi connectivity index (χ3v) is 2.43. The number of hydrogen-bond acceptors (Lipinski definition) is 4. The zero-order valence-corrected chi connectivity index (χ0v) is 9.96. The van der Waals surface area contributed by atoms with E-state index in [0.717, 1.165) is 0 Å². The minimum Gasteiger partial charge on any atom is -0.508 e. The van der Waals surface area contributed by atoms with Crippen molar-refractivity contribution in [3.05, 3.63) is 41.5 Å². The molecule has 0 radical (unpaired) electrons. The van der Waals surface area contributed by atoms with Crippen LogP contribution in [0, 0.1) is 0 Å². The van der Waals surface area contributed by atoms with Gasteiger partial charge in [0.2, 0.25) is 0 Å². The molecule has 18 heavy (non-hydrogen) atoms. The number of phenolic OH excluding ortho intramolecular Hbond substituents is 1. The molecule has 0 aromatic heterocycles. The highest BCUT2D eigenvalue weighted by Crippen LogP contribution is 2.19. The van der Waals surface area contributed by atoms with Crippen LogP contribution in [0.15, 0.2) is 30.4 Å². The molecule has 0 unspecified atom stereocenters. The van der Waals surface area contributed by atoms with Gasteiger partial charge in [0.1, 0.15) is 11.8 Å². The summed E-state index contributed by atoms with van der Waals surface area (Å²) in [6.07, 6.45) is 2.96. The molecule has 4 N–H and O–H groups in total. The highest BCUT2D eigenvalue weighted by atomic mass is 16.4. The first-order chi connectivity index (χ1) is 8.45. The molecular weight excluding hydrogens is 234 g/mol. The van der Waals surface area contributed by atoms with Crippen LogP contribution in [0.3, 0.4) is 0 Å². The third-order valence-electron chi connectivity index (χ3n) is 2.43. The van der Waals surface area contributed by atoms with Crippen LogP contribution in [-0.2, 0) is 11.2 Å². The quantitative estimate of drug-likeness (QED) is 0.536. The fourth-order valence-corrected chi connectivity index (χ4v) is 1.54. The molecule has 1 aromatic carbocycles. The molecule has 5 nitrogen and oxygen atoms in total. The number of carboxylic acids is 1. The molecule has 1 atom stereocenters. The van der Waals surface area contributed by atoms with Gasteiger partial charge in [-0.2, -0.15) is 0 Å². The van der Waals surface area contributed by atoms with Gasteiger partial charge in [0, 0.05) is 5.56 Å². The van der Waals surface area contributed by atoms with Crippen LogP contribution in [0.4, 0.5) is 0 Å². The average Bonchev–Trinajstić information content (AvgIpc) is 2.31. The van der Waals surface area contributed by atoms with Gasteiger partial charge in [-0.25, -0.2) is 0 Å². The number of allylic oxidation sites excluding steroid dienone is 2. The van der Waals surface area contributed by atoms with E-state index in [1.54, 1.807) is 13.0 Å². The monoisotopic (exact) mass is 249 g/mol. The van der Waals surface area contributed by atoms with E-state index < -0.39 is 12.0 Å². The lowest BCUT2D eigenvalue weighted by atomic mass is 9.97. The van der Waals surface area contributed by atoms with Gasteiger partial charge in [0.15, 0.2) is 5.78 Å². The molecule has 0 aliphatic rings. The summed E-state index contributed by atoms with van der Waals surface area (Å²) in [5.41, 5.74) is 6.21. The molecule has 1 rings (SSSR count). The molecule has 0 aliphatic heterocycles. The Balaban J connectivity index is 3.11. The predicted molar refractivity (Wildman–Crippen MR) is 66.6 cm³/mol. The van der Waals surface area contributed by atoms with E-state index in [1.165, 1.54) is 24.3 Å². The van der Waals surface area contributed by atoms with E-state index in [2.05, 4.69) is 0 Å². The fourth-order valence-electron chi connectivity index (χ4n) is 1.54. The Labute approximate surface area is 105 Å². The molecule has 0 bridgehead atoms. The van der Waals surface area contributed by atoms with Gasteiger partial charge >= 0.3 is 5.97 Å². The molecule has 0 heterocycles. The van der Waals surface area contributed by atoms with Crippen molar-refractivity contribution in [1.29, 1.82) is 0 Å². The van der Waals surface area contributed by atoms with Gasteiger partial charge in [-0.05, 0) is 37.1 Å². The second kappa shape index (κ2) is 5.97. The SMILES string of the molecule is CC=CC(=O)c1cc(O)ccc1C[C@H](N)C(=O)O. The van der Waals surface area contributed by atoms with E-state index in [-0.39, 0.29) is 23.5 Å². The van der Waals surface area contributed by atoms with Crippen molar-refractivity contribution in [3.63, 3.8) is 0 Å². The lowest BCUT2D eigenvalue weighted by molar-refractivity contribution is -0.138. The van der Waals surface area contributed by atoms with E-state index in [4.69, 9.17) is 10.8 Å². The summed E-state index contributed by atoms with van der Waals surface area (Å²) >= 11 is 0. The minimum absolute atomic E-state index is 0.0360. The summed E-state index contributed by atoms with van der Waals surface area (Å²) < 4.78 is 0. The van der Waals surface area contributed by atoms with Gasteiger partial charge in [-0.15, -0.1) is 0 Å². The molecular formula is C13H15NO4. The van der Waals surface area contributed by atoms with Gasteiger partial charge in [-0.1, -0.05) is 12.1 Å². The smallest absolute Gasteiger partial charge is 0.320 e. The average molecular weight is 249 g/mol. The highest BCUT2D eigenvalue weighted by molar-refractivity contribution is 6.05. The van der Waals surface area contributed by atoms with Crippen molar-refractivity contribution >= 4 is 11.8 Å². The van der Waals surface area contributed by atoms with Crippen LogP contribution in [0.5, 0.6) is 5.75 Å². The first-order valence-electron chi connectivity index (χ1n) is 5.43. The van der Waals surface area contributed by atoms with Crippen LogP contribution in [0.1, 0.15) is 22.8 Å². The predicted octanol–water partition coefficient (Wildman–Crippen LogP) is 1.11. The second-order valence-electron chi connectivity index (χ2n) is 3.85. The van der Waals surface area contributed by atoms with E-state index in [9.17, 15) is 14.7 Å². The summed E-state index contributed by atoms with van der Waals surface area (Å²) in [7, 11) is 0. The molecule has 96 valence electrons.